The van der Waals surface area contributed by atoms with Gasteiger partial charge in [-0.25, -0.2) is 0 Å². The smallest absolute Gasteiger partial charge is 0.119 e. The number of rotatable bonds is 5. The summed E-state index contributed by atoms with van der Waals surface area (Å²) < 4.78 is 5.66. The van der Waals surface area contributed by atoms with E-state index in [0.29, 0.717) is 6.61 Å². The van der Waals surface area contributed by atoms with Gasteiger partial charge in [0.25, 0.3) is 0 Å². The Bertz CT molecular complexity index is 289. The van der Waals surface area contributed by atoms with Crippen LogP contribution in [0.5, 0.6) is 5.75 Å². The van der Waals surface area contributed by atoms with Gasteiger partial charge in [0, 0.05) is 6.04 Å². The fourth-order valence-electron chi connectivity index (χ4n) is 1.55. The van der Waals surface area contributed by atoms with E-state index in [0.717, 1.165) is 18.6 Å². The fraction of sp³-hybridized carbons (Fsp3) is 0.538. The van der Waals surface area contributed by atoms with Gasteiger partial charge in [-0.1, -0.05) is 13.0 Å². The van der Waals surface area contributed by atoms with Crippen LogP contribution in [-0.4, -0.2) is 12.6 Å². The van der Waals surface area contributed by atoms with Gasteiger partial charge in [-0.05, 0) is 49.9 Å². The number of hydrogen-bond donors (Lipinski definition) is 1. The van der Waals surface area contributed by atoms with Gasteiger partial charge in [0.1, 0.15) is 5.75 Å². The SMILES string of the molecule is CCC(N)CCOc1cc(C)cc(C)c1. The molecule has 0 fully saturated rings. The normalized spacial score (nSPS) is 12.5. The Balaban J connectivity index is 2.43. The van der Waals surface area contributed by atoms with Crippen LogP contribution in [0.1, 0.15) is 30.9 Å². The predicted molar refractivity (Wildman–Crippen MR) is 64.3 cm³/mol. The number of hydrogen-bond acceptors (Lipinski definition) is 2. The predicted octanol–water partition coefficient (Wildman–Crippen LogP) is 2.81. The zero-order chi connectivity index (χ0) is 11.3. The molecule has 1 aromatic carbocycles. The van der Waals surface area contributed by atoms with Crippen molar-refractivity contribution in [2.45, 2.75) is 39.7 Å². The molecule has 2 nitrogen and oxygen atoms in total. The van der Waals surface area contributed by atoms with Crippen LogP contribution in [0.2, 0.25) is 0 Å². The molecule has 0 bridgehead atoms. The van der Waals surface area contributed by atoms with Crippen molar-refractivity contribution in [3.8, 4) is 5.75 Å². The molecule has 2 N–H and O–H groups in total. The molecule has 0 amide bonds. The molecule has 0 radical (unpaired) electrons. The Kier molecular flexibility index (Phi) is 4.63. The second kappa shape index (κ2) is 5.76. The van der Waals surface area contributed by atoms with E-state index in [1.807, 2.05) is 0 Å². The lowest BCUT2D eigenvalue weighted by Gasteiger charge is -2.11. The lowest BCUT2D eigenvalue weighted by molar-refractivity contribution is 0.296. The highest BCUT2D eigenvalue weighted by atomic mass is 16.5. The van der Waals surface area contributed by atoms with E-state index in [1.54, 1.807) is 0 Å². The van der Waals surface area contributed by atoms with Crippen molar-refractivity contribution in [2.75, 3.05) is 6.61 Å². The van der Waals surface area contributed by atoms with E-state index in [2.05, 4.69) is 39.0 Å². The van der Waals surface area contributed by atoms with Crippen molar-refractivity contribution in [2.24, 2.45) is 5.73 Å². The number of benzene rings is 1. The highest BCUT2D eigenvalue weighted by Crippen LogP contribution is 2.16. The summed E-state index contributed by atoms with van der Waals surface area (Å²) in [6.45, 7) is 6.97. The summed E-state index contributed by atoms with van der Waals surface area (Å²) in [6, 6.07) is 6.52. The van der Waals surface area contributed by atoms with Crippen molar-refractivity contribution >= 4 is 0 Å². The van der Waals surface area contributed by atoms with Crippen LogP contribution < -0.4 is 10.5 Å². The quantitative estimate of drug-likeness (QED) is 0.805. The molecule has 0 aromatic heterocycles. The molecule has 0 heterocycles. The van der Waals surface area contributed by atoms with Gasteiger partial charge >= 0.3 is 0 Å². The molecule has 0 saturated carbocycles. The molecule has 0 aliphatic rings. The van der Waals surface area contributed by atoms with Gasteiger partial charge in [0.15, 0.2) is 0 Å². The molecule has 84 valence electrons. The first-order chi connectivity index (χ1) is 7.11. The molecule has 1 aromatic rings. The van der Waals surface area contributed by atoms with Crippen LogP contribution in [0.3, 0.4) is 0 Å². The maximum atomic E-state index is 5.82. The summed E-state index contributed by atoms with van der Waals surface area (Å²) in [5, 5.41) is 0. The van der Waals surface area contributed by atoms with Crippen LogP contribution in [0, 0.1) is 13.8 Å². The van der Waals surface area contributed by atoms with Crippen LogP contribution in [0.4, 0.5) is 0 Å². The summed E-state index contributed by atoms with van der Waals surface area (Å²) in [5.74, 6) is 0.954. The molecule has 0 aliphatic carbocycles. The summed E-state index contributed by atoms with van der Waals surface area (Å²) in [5.41, 5.74) is 8.30. The summed E-state index contributed by atoms with van der Waals surface area (Å²) in [7, 11) is 0. The minimum Gasteiger partial charge on any atom is -0.494 e. The topological polar surface area (TPSA) is 35.2 Å². The van der Waals surface area contributed by atoms with Gasteiger partial charge in [-0.2, -0.15) is 0 Å². The average molecular weight is 207 g/mol. The molecular formula is C13H21NO. The average Bonchev–Trinajstić information content (AvgIpc) is 2.16. The van der Waals surface area contributed by atoms with E-state index >= 15 is 0 Å². The molecule has 15 heavy (non-hydrogen) atoms. The molecule has 0 saturated heterocycles. The number of nitrogens with two attached hydrogens (primary N) is 1. The summed E-state index contributed by atoms with van der Waals surface area (Å²) in [6.07, 6.45) is 1.93. The Morgan fingerprint density at radius 1 is 1.20 bits per heavy atom. The maximum absolute atomic E-state index is 5.82. The van der Waals surface area contributed by atoms with E-state index in [9.17, 15) is 0 Å². The number of ether oxygens (including phenoxy) is 1. The van der Waals surface area contributed by atoms with Crippen LogP contribution in [0.15, 0.2) is 18.2 Å². The highest BCUT2D eigenvalue weighted by Gasteiger charge is 2.00. The molecule has 1 unspecified atom stereocenters. The highest BCUT2D eigenvalue weighted by molar-refractivity contribution is 5.32. The second-order valence-electron chi connectivity index (χ2n) is 4.13. The van der Waals surface area contributed by atoms with Gasteiger partial charge < -0.3 is 10.5 Å². The molecule has 2 heteroatoms. The monoisotopic (exact) mass is 207 g/mol. The molecule has 0 spiro atoms. The van der Waals surface area contributed by atoms with Crippen molar-refractivity contribution in [1.82, 2.24) is 0 Å². The zero-order valence-corrected chi connectivity index (χ0v) is 9.92. The first kappa shape index (κ1) is 12.1. The van der Waals surface area contributed by atoms with E-state index in [1.165, 1.54) is 11.1 Å². The van der Waals surface area contributed by atoms with Crippen molar-refractivity contribution in [1.29, 1.82) is 0 Å². The van der Waals surface area contributed by atoms with Crippen molar-refractivity contribution < 1.29 is 4.74 Å². The van der Waals surface area contributed by atoms with E-state index in [-0.39, 0.29) is 6.04 Å². The maximum Gasteiger partial charge on any atom is 0.119 e. The Morgan fingerprint density at radius 3 is 2.33 bits per heavy atom. The Morgan fingerprint density at radius 2 is 1.80 bits per heavy atom. The standard InChI is InChI=1S/C13H21NO/c1-4-12(14)5-6-15-13-8-10(2)7-11(3)9-13/h7-9,12H,4-6,14H2,1-3H3. The lowest BCUT2D eigenvalue weighted by atomic mass is 10.1. The molecule has 0 aliphatic heterocycles. The first-order valence-electron chi connectivity index (χ1n) is 5.58. The van der Waals surface area contributed by atoms with Crippen molar-refractivity contribution in [3.05, 3.63) is 29.3 Å². The second-order valence-corrected chi connectivity index (χ2v) is 4.13. The van der Waals surface area contributed by atoms with Crippen LogP contribution in [0.25, 0.3) is 0 Å². The zero-order valence-electron chi connectivity index (χ0n) is 9.92. The first-order valence-corrected chi connectivity index (χ1v) is 5.58. The third kappa shape index (κ3) is 4.34. The Labute approximate surface area is 92.4 Å². The Hall–Kier alpha value is -1.02. The van der Waals surface area contributed by atoms with Gasteiger partial charge in [-0.15, -0.1) is 0 Å². The minimum atomic E-state index is 0.260. The largest absolute Gasteiger partial charge is 0.494 e. The fourth-order valence-corrected chi connectivity index (χ4v) is 1.55. The molecule has 1 atom stereocenters. The van der Waals surface area contributed by atoms with Gasteiger partial charge in [0.05, 0.1) is 6.61 Å². The molecular weight excluding hydrogens is 186 g/mol. The summed E-state index contributed by atoms with van der Waals surface area (Å²) >= 11 is 0. The number of aryl methyl sites for hydroxylation is 2. The van der Waals surface area contributed by atoms with Gasteiger partial charge in [0.2, 0.25) is 0 Å². The summed E-state index contributed by atoms with van der Waals surface area (Å²) in [4.78, 5) is 0. The lowest BCUT2D eigenvalue weighted by Crippen LogP contribution is -2.21. The third-order valence-corrected chi connectivity index (χ3v) is 2.48. The van der Waals surface area contributed by atoms with Crippen LogP contribution >= 0.6 is 0 Å². The minimum absolute atomic E-state index is 0.260. The van der Waals surface area contributed by atoms with E-state index in [4.69, 9.17) is 10.5 Å². The third-order valence-electron chi connectivity index (χ3n) is 2.48. The van der Waals surface area contributed by atoms with Gasteiger partial charge in [-0.3, -0.25) is 0 Å². The van der Waals surface area contributed by atoms with E-state index < -0.39 is 0 Å². The van der Waals surface area contributed by atoms with Crippen LogP contribution in [-0.2, 0) is 0 Å². The molecule has 1 rings (SSSR count). The van der Waals surface area contributed by atoms with Crippen molar-refractivity contribution in [3.63, 3.8) is 0 Å².